The molecule has 1 N–H and O–H groups in total. The van der Waals surface area contributed by atoms with Crippen LogP contribution in [0, 0.1) is 13.8 Å². The fourth-order valence-electron chi connectivity index (χ4n) is 3.94. The topological polar surface area (TPSA) is 58.6 Å². The van der Waals surface area contributed by atoms with E-state index in [-0.39, 0.29) is 24.5 Å². The van der Waals surface area contributed by atoms with Gasteiger partial charge in [-0.05, 0) is 62.1 Å². The lowest BCUT2D eigenvalue weighted by molar-refractivity contribution is -0.143. The zero-order valence-electron chi connectivity index (χ0n) is 21.5. The molecule has 36 heavy (non-hydrogen) atoms. The van der Waals surface area contributed by atoms with Crippen LogP contribution in [-0.4, -0.2) is 35.4 Å². The highest BCUT2D eigenvalue weighted by molar-refractivity contribution is 6.31. The Morgan fingerprint density at radius 2 is 1.69 bits per heavy atom. The lowest BCUT2D eigenvalue weighted by atomic mass is 10.0. The monoisotopic (exact) mass is 506 g/mol. The molecule has 0 radical (unpaired) electrons. The number of hydrogen-bond acceptors (Lipinski definition) is 3. The summed E-state index contributed by atoms with van der Waals surface area (Å²) in [6, 6.07) is 22.4. The molecule has 2 atom stereocenters. The molecule has 3 aromatic rings. The summed E-state index contributed by atoms with van der Waals surface area (Å²) < 4.78 is 5.85. The average Bonchev–Trinajstić information content (AvgIpc) is 2.87. The Labute approximate surface area is 219 Å². The number of nitrogens with one attached hydrogen (secondary N) is 1. The molecule has 0 aliphatic carbocycles. The van der Waals surface area contributed by atoms with Gasteiger partial charge in [0.2, 0.25) is 5.91 Å². The molecule has 0 aromatic heterocycles. The average molecular weight is 507 g/mol. The lowest BCUT2D eigenvalue weighted by Crippen LogP contribution is -2.53. The van der Waals surface area contributed by atoms with Crippen molar-refractivity contribution in [1.29, 1.82) is 0 Å². The summed E-state index contributed by atoms with van der Waals surface area (Å²) >= 11 is 6.13. The quantitative estimate of drug-likeness (QED) is 0.352. The highest BCUT2D eigenvalue weighted by atomic mass is 35.5. The van der Waals surface area contributed by atoms with Crippen molar-refractivity contribution < 1.29 is 14.3 Å². The van der Waals surface area contributed by atoms with Crippen molar-refractivity contribution in [3.8, 4) is 5.75 Å². The summed E-state index contributed by atoms with van der Waals surface area (Å²) in [5.41, 5.74) is 3.91. The minimum absolute atomic E-state index is 0.0000115. The summed E-state index contributed by atoms with van der Waals surface area (Å²) in [6.45, 7) is 8.00. The maximum absolute atomic E-state index is 13.6. The van der Waals surface area contributed by atoms with Gasteiger partial charge in [0.15, 0.2) is 6.61 Å². The third-order valence-electron chi connectivity index (χ3n) is 6.20. The van der Waals surface area contributed by atoms with E-state index < -0.39 is 6.04 Å². The van der Waals surface area contributed by atoms with Gasteiger partial charge in [-0.1, -0.05) is 78.7 Å². The number of aryl methyl sites for hydroxylation is 2. The van der Waals surface area contributed by atoms with Crippen LogP contribution in [0.4, 0.5) is 0 Å². The minimum atomic E-state index is -0.690. The van der Waals surface area contributed by atoms with Gasteiger partial charge in [-0.3, -0.25) is 9.59 Å². The molecule has 0 aliphatic heterocycles. The number of carbonyl (C=O) groups is 2. The molecule has 5 nitrogen and oxygen atoms in total. The Bertz CT molecular complexity index is 1170. The number of benzene rings is 3. The van der Waals surface area contributed by atoms with E-state index in [1.165, 1.54) is 0 Å². The Morgan fingerprint density at radius 1 is 0.972 bits per heavy atom. The van der Waals surface area contributed by atoms with E-state index in [0.29, 0.717) is 23.7 Å². The largest absolute Gasteiger partial charge is 0.484 e. The summed E-state index contributed by atoms with van der Waals surface area (Å²) in [4.78, 5) is 28.8. The molecule has 0 aliphatic rings. The molecule has 0 heterocycles. The summed E-state index contributed by atoms with van der Waals surface area (Å²) in [7, 11) is 0. The minimum Gasteiger partial charge on any atom is -0.484 e. The van der Waals surface area contributed by atoms with Gasteiger partial charge >= 0.3 is 0 Å². The first-order valence-electron chi connectivity index (χ1n) is 12.3. The maximum Gasteiger partial charge on any atom is 0.261 e. The Hall–Kier alpha value is -3.31. The van der Waals surface area contributed by atoms with Crippen LogP contribution >= 0.6 is 11.6 Å². The Morgan fingerprint density at radius 3 is 2.36 bits per heavy atom. The van der Waals surface area contributed by atoms with E-state index in [0.717, 1.165) is 28.7 Å². The third-order valence-corrected chi connectivity index (χ3v) is 6.62. The second-order valence-corrected chi connectivity index (χ2v) is 9.64. The molecule has 0 bridgehead atoms. The van der Waals surface area contributed by atoms with Crippen molar-refractivity contribution in [3.63, 3.8) is 0 Å². The van der Waals surface area contributed by atoms with E-state index in [4.69, 9.17) is 16.3 Å². The first-order valence-corrected chi connectivity index (χ1v) is 12.7. The van der Waals surface area contributed by atoms with Gasteiger partial charge in [0.05, 0.1) is 0 Å². The van der Waals surface area contributed by atoms with Crippen molar-refractivity contribution in [2.45, 2.75) is 59.2 Å². The van der Waals surface area contributed by atoms with Crippen LogP contribution in [0.1, 0.15) is 42.5 Å². The Balaban J connectivity index is 1.91. The zero-order valence-corrected chi connectivity index (χ0v) is 22.2. The molecular weight excluding hydrogens is 472 g/mol. The molecule has 0 saturated carbocycles. The Kier molecular flexibility index (Phi) is 9.95. The van der Waals surface area contributed by atoms with E-state index in [9.17, 15) is 9.59 Å². The second kappa shape index (κ2) is 13.1. The van der Waals surface area contributed by atoms with Crippen LogP contribution in [0.2, 0.25) is 5.02 Å². The van der Waals surface area contributed by atoms with Gasteiger partial charge in [0, 0.05) is 24.0 Å². The predicted molar refractivity (Wildman–Crippen MR) is 145 cm³/mol. The maximum atomic E-state index is 13.6. The fourth-order valence-corrected chi connectivity index (χ4v) is 4.05. The van der Waals surface area contributed by atoms with Crippen molar-refractivity contribution in [1.82, 2.24) is 10.2 Å². The van der Waals surface area contributed by atoms with Crippen LogP contribution in [0.25, 0.3) is 0 Å². The molecule has 190 valence electrons. The van der Waals surface area contributed by atoms with Gasteiger partial charge in [-0.25, -0.2) is 0 Å². The lowest BCUT2D eigenvalue weighted by Gasteiger charge is -2.32. The molecule has 3 rings (SSSR count). The highest BCUT2D eigenvalue weighted by Crippen LogP contribution is 2.22. The van der Waals surface area contributed by atoms with Crippen LogP contribution in [0.3, 0.4) is 0 Å². The second-order valence-electron chi connectivity index (χ2n) is 9.23. The number of ether oxygens (including phenoxy) is 1. The van der Waals surface area contributed by atoms with E-state index in [1.807, 2.05) is 82.3 Å². The molecule has 2 amide bonds. The van der Waals surface area contributed by atoms with Gasteiger partial charge in [-0.15, -0.1) is 0 Å². The molecule has 6 heteroatoms. The highest BCUT2D eigenvalue weighted by Gasteiger charge is 2.31. The number of rotatable bonds is 11. The number of amides is 2. The van der Waals surface area contributed by atoms with Gasteiger partial charge in [-0.2, -0.15) is 0 Å². The number of carbonyl (C=O) groups excluding carboxylic acids is 2. The van der Waals surface area contributed by atoms with Crippen LogP contribution < -0.4 is 10.1 Å². The number of halogens is 1. The first kappa shape index (κ1) is 27.3. The van der Waals surface area contributed by atoms with Gasteiger partial charge < -0.3 is 15.0 Å². The first-order chi connectivity index (χ1) is 17.3. The summed E-state index contributed by atoms with van der Waals surface area (Å²) in [5, 5.41) is 3.72. The smallest absolute Gasteiger partial charge is 0.261 e. The summed E-state index contributed by atoms with van der Waals surface area (Å²) in [6.07, 6.45) is 1.20. The molecule has 3 aromatic carbocycles. The van der Waals surface area contributed by atoms with Gasteiger partial charge in [0.1, 0.15) is 11.8 Å². The molecule has 0 unspecified atom stereocenters. The molecule has 0 spiro atoms. The van der Waals surface area contributed by atoms with Crippen LogP contribution in [-0.2, 0) is 22.6 Å². The standard InChI is InChI=1S/C30H35ClN2O3/c1-5-23(4)32-30(35)28(18-24-11-7-6-8-12-24)33(19-25-13-9-10-21(2)16-25)29(34)20-36-26-14-15-27(31)22(3)17-26/h6-17,23,28H,5,18-20H2,1-4H3,(H,32,35)/t23-,28-/m1/s1. The van der Waals surface area contributed by atoms with Crippen LogP contribution in [0.5, 0.6) is 5.75 Å². The normalized spacial score (nSPS) is 12.5. The third kappa shape index (κ3) is 7.85. The van der Waals surface area contributed by atoms with E-state index in [1.54, 1.807) is 23.1 Å². The van der Waals surface area contributed by atoms with E-state index >= 15 is 0 Å². The van der Waals surface area contributed by atoms with Gasteiger partial charge in [0.25, 0.3) is 5.91 Å². The van der Waals surface area contributed by atoms with Crippen molar-refractivity contribution in [2.75, 3.05) is 6.61 Å². The molecule has 0 fully saturated rings. The zero-order chi connectivity index (χ0) is 26.1. The fraction of sp³-hybridized carbons (Fsp3) is 0.333. The summed E-state index contributed by atoms with van der Waals surface area (Å²) in [5.74, 6) is 0.130. The predicted octanol–water partition coefficient (Wildman–Crippen LogP) is 5.89. The SMILES string of the molecule is CC[C@@H](C)NC(=O)[C@@H](Cc1ccccc1)N(Cc1cccc(C)c1)C(=O)COc1ccc(Cl)c(C)c1. The van der Waals surface area contributed by atoms with E-state index in [2.05, 4.69) is 5.32 Å². The number of nitrogens with zero attached hydrogens (tertiary/aromatic N) is 1. The van der Waals surface area contributed by atoms with Crippen molar-refractivity contribution in [2.24, 2.45) is 0 Å². The van der Waals surface area contributed by atoms with Crippen molar-refractivity contribution >= 4 is 23.4 Å². The van der Waals surface area contributed by atoms with Crippen molar-refractivity contribution in [3.05, 3.63) is 100 Å². The van der Waals surface area contributed by atoms with Crippen LogP contribution in [0.15, 0.2) is 72.8 Å². The number of hydrogen-bond donors (Lipinski definition) is 1. The molecule has 0 saturated heterocycles. The molecular formula is C30H35ClN2O3.